The van der Waals surface area contributed by atoms with Crippen LogP contribution in [0.1, 0.15) is 45.1 Å². The number of nitrogens with two attached hydrogens (primary N) is 1. The predicted octanol–water partition coefficient (Wildman–Crippen LogP) is 2.93. The number of likely N-dealkylation sites (tertiary alicyclic amines) is 1. The van der Waals surface area contributed by atoms with Gasteiger partial charge in [-0.2, -0.15) is 0 Å². The molecule has 0 aliphatic carbocycles. The minimum absolute atomic E-state index is 0. The van der Waals surface area contributed by atoms with Crippen LogP contribution in [-0.4, -0.2) is 38.9 Å². The molecule has 1 heterocycles. The van der Waals surface area contributed by atoms with Crippen LogP contribution in [0.15, 0.2) is 34.2 Å². The fourth-order valence-electron chi connectivity index (χ4n) is 2.71. The lowest BCUT2D eigenvalue weighted by molar-refractivity contribution is 0.428. The molecule has 0 amide bonds. The van der Waals surface area contributed by atoms with Crippen molar-refractivity contribution >= 4 is 40.0 Å². The Labute approximate surface area is 174 Å². The highest BCUT2D eigenvalue weighted by Crippen LogP contribution is 2.13. The van der Waals surface area contributed by atoms with E-state index >= 15 is 0 Å². The maximum atomic E-state index is 12.2. The SMILES string of the molecule is CC(C)CNS(=O)(=O)c1ccc(CN=C(N)N2CCCCCC2)cc1.I. The first-order chi connectivity index (χ1) is 11.9. The predicted molar refractivity (Wildman–Crippen MR) is 117 cm³/mol. The first kappa shape index (κ1) is 23.2. The van der Waals surface area contributed by atoms with E-state index in [4.69, 9.17) is 5.73 Å². The Hall–Kier alpha value is -0.870. The largest absolute Gasteiger partial charge is 0.370 e. The summed E-state index contributed by atoms with van der Waals surface area (Å²) in [4.78, 5) is 6.89. The zero-order chi connectivity index (χ0) is 18.3. The number of halogens is 1. The Kier molecular flexibility index (Phi) is 9.88. The summed E-state index contributed by atoms with van der Waals surface area (Å²) in [6, 6.07) is 6.83. The maximum absolute atomic E-state index is 12.2. The minimum Gasteiger partial charge on any atom is -0.370 e. The van der Waals surface area contributed by atoms with E-state index in [2.05, 4.69) is 14.6 Å². The molecule has 3 N–H and O–H groups in total. The Bertz CT molecular complexity index is 667. The molecule has 0 saturated carbocycles. The summed E-state index contributed by atoms with van der Waals surface area (Å²) >= 11 is 0. The van der Waals surface area contributed by atoms with E-state index < -0.39 is 10.0 Å². The molecule has 0 atom stereocenters. The lowest BCUT2D eigenvalue weighted by Crippen LogP contribution is -2.38. The molecule has 0 spiro atoms. The molecule has 1 fully saturated rings. The van der Waals surface area contributed by atoms with Gasteiger partial charge in [-0.3, -0.25) is 0 Å². The van der Waals surface area contributed by atoms with Crippen molar-refractivity contribution in [3.8, 4) is 0 Å². The van der Waals surface area contributed by atoms with Crippen LogP contribution >= 0.6 is 24.0 Å². The molecule has 1 saturated heterocycles. The van der Waals surface area contributed by atoms with Crippen molar-refractivity contribution in [3.63, 3.8) is 0 Å². The monoisotopic (exact) mass is 494 g/mol. The minimum atomic E-state index is -3.44. The molecule has 2 rings (SSSR count). The Morgan fingerprint density at radius 3 is 2.27 bits per heavy atom. The third-order valence-electron chi connectivity index (χ3n) is 4.27. The summed E-state index contributed by atoms with van der Waals surface area (Å²) < 4.78 is 27.0. The number of aliphatic imine (C=N–C) groups is 1. The molecule has 26 heavy (non-hydrogen) atoms. The van der Waals surface area contributed by atoms with Gasteiger partial charge in [-0.1, -0.05) is 38.8 Å². The van der Waals surface area contributed by atoms with Gasteiger partial charge in [-0.15, -0.1) is 24.0 Å². The molecule has 148 valence electrons. The van der Waals surface area contributed by atoms with E-state index in [1.165, 1.54) is 12.8 Å². The number of nitrogens with one attached hydrogen (secondary N) is 1. The van der Waals surface area contributed by atoms with Gasteiger partial charge >= 0.3 is 0 Å². The normalized spacial score (nSPS) is 16.3. The lowest BCUT2D eigenvalue weighted by Gasteiger charge is -2.21. The second kappa shape index (κ2) is 11.1. The van der Waals surface area contributed by atoms with Gasteiger partial charge in [0.05, 0.1) is 11.4 Å². The summed E-state index contributed by atoms with van der Waals surface area (Å²) in [6.07, 6.45) is 4.83. The Morgan fingerprint density at radius 2 is 1.73 bits per heavy atom. The molecule has 6 nitrogen and oxygen atoms in total. The van der Waals surface area contributed by atoms with Crippen molar-refractivity contribution < 1.29 is 8.42 Å². The second-order valence-electron chi connectivity index (χ2n) is 6.97. The molecule has 0 unspecified atom stereocenters. The number of rotatable bonds is 6. The Balaban J connectivity index is 0.00000338. The molecule has 1 aliphatic rings. The third kappa shape index (κ3) is 7.40. The fraction of sp³-hybridized carbons (Fsp3) is 0.611. The van der Waals surface area contributed by atoms with E-state index in [0.717, 1.165) is 31.5 Å². The van der Waals surface area contributed by atoms with Crippen LogP contribution in [0.5, 0.6) is 0 Å². The molecule has 8 heteroatoms. The third-order valence-corrected chi connectivity index (χ3v) is 5.71. The van der Waals surface area contributed by atoms with Crippen molar-refractivity contribution in [2.24, 2.45) is 16.6 Å². The average molecular weight is 494 g/mol. The highest BCUT2D eigenvalue weighted by Gasteiger charge is 2.14. The quantitative estimate of drug-likeness (QED) is 0.362. The van der Waals surface area contributed by atoms with Crippen LogP contribution < -0.4 is 10.5 Å². The topological polar surface area (TPSA) is 87.8 Å². The van der Waals surface area contributed by atoms with E-state index in [0.29, 0.717) is 19.0 Å². The van der Waals surface area contributed by atoms with Crippen LogP contribution in [0, 0.1) is 5.92 Å². The van der Waals surface area contributed by atoms with Crippen LogP contribution in [0.2, 0.25) is 0 Å². The van der Waals surface area contributed by atoms with Crippen molar-refractivity contribution in [1.29, 1.82) is 0 Å². The first-order valence-corrected chi connectivity index (χ1v) is 10.5. The number of nitrogens with zero attached hydrogens (tertiary/aromatic N) is 2. The zero-order valence-electron chi connectivity index (χ0n) is 15.6. The number of sulfonamides is 1. The molecule has 0 aromatic heterocycles. The number of hydrogen-bond acceptors (Lipinski definition) is 3. The van der Waals surface area contributed by atoms with Crippen molar-refractivity contribution in [2.75, 3.05) is 19.6 Å². The van der Waals surface area contributed by atoms with E-state index in [9.17, 15) is 8.42 Å². The Morgan fingerprint density at radius 1 is 1.15 bits per heavy atom. The highest BCUT2D eigenvalue weighted by atomic mass is 127. The van der Waals surface area contributed by atoms with E-state index in [-0.39, 0.29) is 34.8 Å². The summed E-state index contributed by atoms with van der Waals surface area (Å²) in [7, 11) is -3.44. The number of guanidine groups is 1. The molecule has 0 radical (unpaired) electrons. The molecule has 1 aromatic rings. The summed E-state index contributed by atoms with van der Waals surface area (Å²) in [5, 5.41) is 0. The summed E-state index contributed by atoms with van der Waals surface area (Å²) in [6.45, 7) is 6.77. The summed E-state index contributed by atoms with van der Waals surface area (Å²) in [5.74, 6) is 0.850. The van der Waals surface area contributed by atoms with Gasteiger partial charge in [0.15, 0.2) is 5.96 Å². The van der Waals surface area contributed by atoms with Gasteiger partial charge in [0.1, 0.15) is 0 Å². The first-order valence-electron chi connectivity index (χ1n) is 9.02. The van der Waals surface area contributed by atoms with Gasteiger partial charge in [0.25, 0.3) is 0 Å². The average Bonchev–Trinajstić information content (AvgIpc) is 2.88. The van der Waals surface area contributed by atoms with Crippen LogP contribution in [-0.2, 0) is 16.6 Å². The van der Waals surface area contributed by atoms with Gasteiger partial charge < -0.3 is 10.6 Å². The van der Waals surface area contributed by atoms with Gasteiger partial charge in [-0.05, 0) is 36.5 Å². The van der Waals surface area contributed by atoms with E-state index in [1.807, 2.05) is 13.8 Å². The number of benzene rings is 1. The lowest BCUT2D eigenvalue weighted by atomic mass is 10.2. The van der Waals surface area contributed by atoms with E-state index in [1.54, 1.807) is 24.3 Å². The molecule has 1 aliphatic heterocycles. The van der Waals surface area contributed by atoms with Crippen molar-refractivity contribution in [1.82, 2.24) is 9.62 Å². The summed E-state index contributed by atoms with van der Waals surface area (Å²) in [5.41, 5.74) is 7.05. The van der Waals surface area contributed by atoms with Crippen LogP contribution in [0.25, 0.3) is 0 Å². The zero-order valence-corrected chi connectivity index (χ0v) is 18.8. The van der Waals surface area contributed by atoms with Gasteiger partial charge in [0.2, 0.25) is 10.0 Å². The molecule has 0 bridgehead atoms. The standard InChI is InChI=1S/C18H30N4O2S.HI/c1-15(2)13-21-25(23,24)17-9-7-16(8-10-17)14-20-18(19)22-11-5-3-4-6-12-22;/h7-10,15,21H,3-6,11-14H2,1-2H3,(H2,19,20);1H. The maximum Gasteiger partial charge on any atom is 0.240 e. The second-order valence-corrected chi connectivity index (χ2v) is 8.73. The van der Waals surface area contributed by atoms with Crippen molar-refractivity contribution in [3.05, 3.63) is 29.8 Å². The van der Waals surface area contributed by atoms with Crippen molar-refractivity contribution in [2.45, 2.75) is 51.0 Å². The smallest absolute Gasteiger partial charge is 0.240 e. The number of hydrogen-bond donors (Lipinski definition) is 2. The highest BCUT2D eigenvalue weighted by molar-refractivity contribution is 14.0. The molecular weight excluding hydrogens is 463 g/mol. The fourth-order valence-corrected chi connectivity index (χ4v) is 3.92. The van der Waals surface area contributed by atoms with Crippen LogP contribution in [0.3, 0.4) is 0 Å². The molecular formula is C18H31IN4O2S. The van der Waals surface area contributed by atoms with Gasteiger partial charge in [-0.25, -0.2) is 18.1 Å². The van der Waals surface area contributed by atoms with Crippen LogP contribution in [0.4, 0.5) is 0 Å². The molecule has 1 aromatic carbocycles. The van der Waals surface area contributed by atoms with Gasteiger partial charge in [0, 0.05) is 19.6 Å².